The summed E-state index contributed by atoms with van der Waals surface area (Å²) in [5, 5.41) is 9.55. The van der Waals surface area contributed by atoms with Crippen molar-refractivity contribution in [3.8, 4) is 0 Å². The molecule has 0 amide bonds. The zero-order valence-corrected chi connectivity index (χ0v) is 7.50. The maximum absolute atomic E-state index is 5.61. The second-order valence-electron chi connectivity index (χ2n) is 3.48. The first-order valence-corrected chi connectivity index (χ1v) is 4.19. The molecule has 6 nitrogen and oxygen atoms in total. The molecule has 1 aliphatic heterocycles. The number of nitrogens with zero attached hydrogens (tertiary/aromatic N) is 2. The van der Waals surface area contributed by atoms with Crippen LogP contribution in [0.1, 0.15) is 12.7 Å². The van der Waals surface area contributed by atoms with Crippen LogP contribution in [0.25, 0.3) is 0 Å². The number of nitrogen functional groups attached to an aromatic ring is 1. The molecule has 1 saturated heterocycles. The van der Waals surface area contributed by atoms with Gasteiger partial charge in [-0.3, -0.25) is 5.10 Å². The Morgan fingerprint density at radius 1 is 1.62 bits per heavy atom. The SMILES string of the molecule is CC1(OCc2nc(N)n[nH]2)CNC1. The van der Waals surface area contributed by atoms with Crippen LogP contribution >= 0.6 is 0 Å². The van der Waals surface area contributed by atoms with Crippen LogP contribution in [0.5, 0.6) is 0 Å². The number of nitrogens with one attached hydrogen (secondary N) is 2. The van der Waals surface area contributed by atoms with Crippen molar-refractivity contribution in [3.05, 3.63) is 5.82 Å². The van der Waals surface area contributed by atoms with Gasteiger partial charge < -0.3 is 15.8 Å². The standard InChI is InChI=1S/C7H13N5O/c1-7(3-9-4-7)13-2-5-10-6(8)12-11-5/h9H,2-4H2,1H3,(H3,8,10,11,12). The quantitative estimate of drug-likeness (QED) is 0.574. The Kier molecular flexibility index (Phi) is 1.93. The van der Waals surface area contributed by atoms with Gasteiger partial charge in [-0.1, -0.05) is 0 Å². The van der Waals surface area contributed by atoms with Crippen molar-refractivity contribution >= 4 is 5.95 Å². The Hall–Kier alpha value is -1.14. The number of ether oxygens (including phenoxy) is 1. The predicted molar refractivity (Wildman–Crippen MR) is 46.9 cm³/mol. The Bertz CT molecular complexity index is 293. The highest BCUT2D eigenvalue weighted by Crippen LogP contribution is 2.16. The molecule has 0 bridgehead atoms. The molecule has 0 atom stereocenters. The summed E-state index contributed by atoms with van der Waals surface area (Å²) in [4.78, 5) is 3.94. The van der Waals surface area contributed by atoms with E-state index in [9.17, 15) is 0 Å². The summed E-state index contributed by atoms with van der Waals surface area (Å²) in [6.45, 7) is 4.26. The summed E-state index contributed by atoms with van der Waals surface area (Å²) >= 11 is 0. The second kappa shape index (κ2) is 2.97. The van der Waals surface area contributed by atoms with Crippen LogP contribution < -0.4 is 11.1 Å². The third kappa shape index (κ3) is 1.78. The lowest BCUT2D eigenvalue weighted by Gasteiger charge is -2.38. The van der Waals surface area contributed by atoms with E-state index in [0.717, 1.165) is 13.1 Å². The smallest absolute Gasteiger partial charge is 0.239 e. The van der Waals surface area contributed by atoms with Gasteiger partial charge >= 0.3 is 0 Å². The number of aromatic amines is 1. The molecule has 0 saturated carbocycles. The molecule has 0 aromatic carbocycles. The molecule has 0 spiro atoms. The third-order valence-corrected chi connectivity index (χ3v) is 2.10. The van der Waals surface area contributed by atoms with Crippen molar-refractivity contribution < 1.29 is 4.74 Å². The van der Waals surface area contributed by atoms with Crippen molar-refractivity contribution in [1.29, 1.82) is 0 Å². The van der Waals surface area contributed by atoms with E-state index in [0.29, 0.717) is 12.4 Å². The number of anilines is 1. The molecule has 4 N–H and O–H groups in total. The number of nitrogens with two attached hydrogens (primary N) is 1. The largest absolute Gasteiger partial charge is 0.367 e. The van der Waals surface area contributed by atoms with E-state index in [1.54, 1.807) is 0 Å². The lowest BCUT2D eigenvalue weighted by molar-refractivity contribution is -0.0788. The van der Waals surface area contributed by atoms with Crippen molar-refractivity contribution in [3.63, 3.8) is 0 Å². The molecular weight excluding hydrogens is 170 g/mol. The Morgan fingerprint density at radius 2 is 2.38 bits per heavy atom. The molecule has 0 unspecified atom stereocenters. The van der Waals surface area contributed by atoms with Gasteiger partial charge in [-0.15, -0.1) is 5.10 Å². The number of H-pyrrole nitrogens is 1. The van der Waals surface area contributed by atoms with Gasteiger partial charge in [0, 0.05) is 13.1 Å². The minimum atomic E-state index is -0.0540. The van der Waals surface area contributed by atoms with Gasteiger partial charge in [0.15, 0.2) is 5.82 Å². The number of aromatic nitrogens is 3. The van der Waals surface area contributed by atoms with Crippen molar-refractivity contribution in [2.75, 3.05) is 18.8 Å². The summed E-state index contributed by atoms with van der Waals surface area (Å²) in [7, 11) is 0. The van der Waals surface area contributed by atoms with Gasteiger partial charge in [0.05, 0.1) is 5.60 Å². The van der Waals surface area contributed by atoms with E-state index in [4.69, 9.17) is 10.5 Å². The van der Waals surface area contributed by atoms with Crippen LogP contribution in [0.4, 0.5) is 5.95 Å². The number of rotatable bonds is 3. The van der Waals surface area contributed by atoms with E-state index in [2.05, 4.69) is 27.4 Å². The van der Waals surface area contributed by atoms with E-state index in [-0.39, 0.29) is 11.5 Å². The molecule has 13 heavy (non-hydrogen) atoms. The summed E-state index contributed by atoms with van der Waals surface area (Å²) in [5.74, 6) is 0.932. The first kappa shape index (κ1) is 8.46. The van der Waals surface area contributed by atoms with Crippen molar-refractivity contribution in [2.45, 2.75) is 19.1 Å². The number of hydrogen-bond acceptors (Lipinski definition) is 5. The van der Waals surface area contributed by atoms with Crippen LogP contribution in [-0.2, 0) is 11.3 Å². The summed E-state index contributed by atoms with van der Waals surface area (Å²) in [6, 6.07) is 0. The average molecular weight is 183 g/mol. The molecule has 1 fully saturated rings. The maximum atomic E-state index is 5.61. The highest BCUT2D eigenvalue weighted by atomic mass is 16.5. The molecule has 72 valence electrons. The van der Waals surface area contributed by atoms with Crippen LogP contribution in [0.3, 0.4) is 0 Å². The lowest BCUT2D eigenvalue weighted by Crippen LogP contribution is -2.58. The molecule has 2 heterocycles. The summed E-state index contributed by atoms with van der Waals surface area (Å²) in [6.07, 6.45) is 0. The Morgan fingerprint density at radius 3 is 2.85 bits per heavy atom. The fraction of sp³-hybridized carbons (Fsp3) is 0.714. The van der Waals surface area contributed by atoms with Gasteiger partial charge in [0.25, 0.3) is 0 Å². The molecular formula is C7H13N5O. The van der Waals surface area contributed by atoms with E-state index >= 15 is 0 Å². The normalized spacial score (nSPS) is 19.8. The van der Waals surface area contributed by atoms with Crippen LogP contribution in [0, 0.1) is 0 Å². The molecule has 6 heteroatoms. The molecule has 0 radical (unpaired) electrons. The van der Waals surface area contributed by atoms with Crippen LogP contribution in [-0.4, -0.2) is 33.9 Å². The molecule has 1 aromatic rings. The second-order valence-corrected chi connectivity index (χ2v) is 3.48. The van der Waals surface area contributed by atoms with Gasteiger partial charge in [0.1, 0.15) is 6.61 Å². The topological polar surface area (TPSA) is 88.8 Å². The van der Waals surface area contributed by atoms with Crippen LogP contribution in [0.15, 0.2) is 0 Å². The van der Waals surface area contributed by atoms with E-state index < -0.39 is 0 Å². The fourth-order valence-corrected chi connectivity index (χ4v) is 1.20. The zero-order valence-electron chi connectivity index (χ0n) is 7.50. The third-order valence-electron chi connectivity index (χ3n) is 2.10. The van der Waals surface area contributed by atoms with Crippen molar-refractivity contribution in [1.82, 2.24) is 20.5 Å². The first-order chi connectivity index (χ1) is 6.18. The van der Waals surface area contributed by atoms with Gasteiger partial charge in [-0.25, -0.2) is 0 Å². The zero-order chi connectivity index (χ0) is 9.31. The summed E-state index contributed by atoms with van der Waals surface area (Å²) < 4.78 is 5.61. The molecule has 1 aromatic heterocycles. The van der Waals surface area contributed by atoms with E-state index in [1.165, 1.54) is 0 Å². The molecule has 1 aliphatic rings. The lowest BCUT2D eigenvalue weighted by atomic mass is 10.0. The van der Waals surface area contributed by atoms with Crippen LogP contribution in [0.2, 0.25) is 0 Å². The minimum absolute atomic E-state index is 0.0540. The predicted octanol–water partition coefficient (Wildman–Crippen LogP) is -0.735. The average Bonchev–Trinajstić information content (AvgIpc) is 2.44. The van der Waals surface area contributed by atoms with Gasteiger partial charge in [-0.05, 0) is 6.92 Å². The van der Waals surface area contributed by atoms with Gasteiger partial charge in [0.2, 0.25) is 5.95 Å². The Balaban J connectivity index is 1.85. The fourth-order valence-electron chi connectivity index (χ4n) is 1.20. The van der Waals surface area contributed by atoms with Crippen molar-refractivity contribution in [2.24, 2.45) is 0 Å². The monoisotopic (exact) mass is 183 g/mol. The van der Waals surface area contributed by atoms with E-state index in [1.807, 2.05) is 0 Å². The first-order valence-electron chi connectivity index (χ1n) is 4.19. The van der Waals surface area contributed by atoms with Gasteiger partial charge in [-0.2, -0.15) is 4.98 Å². The summed E-state index contributed by atoms with van der Waals surface area (Å²) in [5.41, 5.74) is 5.29. The highest BCUT2D eigenvalue weighted by molar-refractivity contribution is 5.12. The number of hydrogen-bond donors (Lipinski definition) is 3. The maximum Gasteiger partial charge on any atom is 0.239 e. The molecule has 0 aliphatic carbocycles. The molecule has 2 rings (SSSR count). The Labute approximate surface area is 75.9 Å². The highest BCUT2D eigenvalue weighted by Gasteiger charge is 2.32. The minimum Gasteiger partial charge on any atom is -0.367 e.